The van der Waals surface area contributed by atoms with Gasteiger partial charge in [-0.15, -0.1) is 11.6 Å². The number of aryl methyl sites for hydroxylation is 2. The SMILES string of the molecule is CCCCCCCCCC(Cl)Cc1cc(C)ccc1C. The zero-order chi connectivity index (χ0) is 14.8. The summed E-state index contributed by atoms with van der Waals surface area (Å²) >= 11 is 6.50. The standard InChI is InChI=1S/C19H31Cl/c1-4-5-6-7-8-9-10-11-19(20)15-18-14-16(2)12-13-17(18)3/h12-14,19H,4-11,15H2,1-3H3. The lowest BCUT2D eigenvalue weighted by Gasteiger charge is -2.12. The van der Waals surface area contributed by atoms with Crippen LogP contribution in [0.2, 0.25) is 0 Å². The van der Waals surface area contributed by atoms with Crippen LogP contribution in [-0.4, -0.2) is 5.38 Å². The largest absolute Gasteiger partial charge is 0.123 e. The van der Waals surface area contributed by atoms with Crippen LogP contribution in [0.3, 0.4) is 0 Å². The Bertz CT molecular complexity index is 370. The molecule has 1 atom stereocenters. The Balaban J connectivity index is 2.17. The highest BCUT2D eigenvalue weighted by Crippen LogP contribution is 2.19. The summed E-state index contributed by atoms with van der Waals surface area (Å²) in [6.07, 6.45) is 11.7. The molecule has 0 aromatic heterocycles. The molecule has 0 nitrogen and oxygen atoms in total. The number of unbranched alkanes of at least 4 members (excludes halogenated alkanes) is 6. The number of hydrogen-bond acceptors (Lipinski definition) is 0. The van der Waals surface area contributed by atoms with E-state index in [2.05, 4.69) is 39.0 Å². The summed E-state index contributed by atoms with van der Waals surface area (Å²) in [5.41, 5.74) is 4.14. The van der Waals surface area contributed by atoms with Gasteiger partial charge in [0, 0.05) is 5.38 Å². The normalized spacial score (nSPS) is 12.6. The third kappa shape index (κ3) is 7.33. The fraction of sp³-hybridized carbons (Fsp3) is 0.684. The van der Waals surface area contributed by atoms with Crippen LogP contribution in [0, 0.1) is 13.8 Å². The highest BCUT2D eigenvalue weighted by molar-refractivity contribution is 6.20. The lowest BCUT2D eigenvalue weighted by atomic mass is 9.99. The van der Waals surface area contributed by atoms with E-state index in [1.54, 1.807) is 0 Å². The molecule has 0 spiro atoms. The highest BCUT2D eigenvalue weighted by atomic mass is 35.5. The summed E-state index contributed by atoms with van der Waals surface area (Å²) in [6.45, 7) is 6.61. The Morgan fingerprint density at radius 1 is 0.950 bits per heavy atom. The minimum absolute atomic E-state index is 0.297. The van der Waals surface area contributed by atoms with Crippen molar-refractivity contribution in [1.82, 2.24) is 0 Å². The number of rotatable bonds is 10. The van der Waals surface area contributed by atoms with Gasteiger partial charge < -0.3 is 0 Å². The number of benzene rings is 1. The van der Waals surface area contributed by atoms with Crippen molar-refractivity contribution in [1.29, 1.82) is 0 Å². The summed E-state index contributed by atoms with van der Waals surface area (Å²) in [5.74, 6) is 0. The molecular formula is C19H31Cl. The molecule has 1 aromatic rings. The van der Waals surface area contributed by atoms with Crippen LogP contribution in [0.1, 0.15) is 75.0 Å². The summed E-state index contributed by atoms with van der Waals surface area (Å²) in [7, 11) is 0. The van der Waals surface area contributed by atoms with Gasteiger partial charge in [0.05, 0.1) is 0 Å². The first-order valence-corrected chi connectivity index (χ1v) is 8.77. The predicted molar refractivity (Wildman–Crippen MR) is 91.9 cm³/mol. The van der Waals surface area contributed by atoms with Crippen molar-refractivity contribution in [2.75, 3.05) is 0 Å². The van der Waals surface area contributed by atoms with E-state index in [1.807, 2.05) is 0 Å². The Labute approximate surface area is 130 Å². The average Bonchev–Trinajstić information content (AvgIpc) is 2.42. The average molecular weight is 295 g/mol. The Morgan fingerprint density at radius 3 is 2.30 bits per heavy atom. The molecule has 0 N–H and O–H groups in total. The first kappa shape index (κ1) is 17.6. The lowest BCUT2D eigenvalue weighted by molar-refractivity contribution is 0.567. The van der Waals surface area contributed by atoms with Gasteiger partial charge in [0.25, 0.3) is 0 Å². The molecule has 0 fully saturated rings. The zero-order valence-corrected chi connectivity index (χ0v) is 14.3. The molecule has 20 heavy (non-hydrogen) atoms. The first-order valence-electron chi connectivity index (χ1n) is 8.33. The quantitative estimate of drug-likeness (QED) is 0.337. The fourth-order valence-electron chi connectivity index (χ4n) is 2.68. The van der Waals surface area contributed by atoms with Gasteiger partial charge in [0.15, 0.2) is 0 Å². The summed E-state index contributed by atoms with van der Waals surface area (Å²) in [5, 5.41) is 0.297. The van der Waals surface area contributed by atoms with Crippen LogP contribution in [0.4, 0.5) is 0 Å². The number of halogens is 1. The van der Waals surface area contributed by atoms with Gasteiger partial charge in [-0.3, -0.25) is 0 Å². The maximum absolute atomic E-state index is 6.50. The van der Waals surface area contributed by atoms with E-state index >= 15 is 0 Å². The summed E-state index contributed by atoms with van der Waals surface area (Å²) in [4.78, 5) is 0. The molecule has 0 aliphatic rings. The van der Waals surface area contributed by atoms with Gasteiger partial charge in [-0.1, -0.05) is 75.6 Å². The van der Waals surface area contributed by atoms with E-state index in [1.165, 1.54) is 61.6 Å². The molecule has 0 saturated carbocycles. The predicted octanol–water partition coefficient (Wildman–Crippen LogP) is 6.59. The molecular weight excluding hydrogens is 264 g/mol. The van der Waals surface area contributed by atoms with Crippen molar-refractivity contribution < 1.29 is 0 Å². The van der Waals surface area contributed by atoms with Gasteiger partial charge in [0.1, 0.15) is 0 Å². The molecule has 0 bridgehead atoms. The molecule has 0 heterocycles. The Morgan fingerprint density at radius 2 is 1.60 bits per heavy atom. The van der Waals surface area contributed by atoms with Crippen molar-refractivity contribution in [3.8, 4) is 0 Å². The molecule has 1 rings (SSSR count). The van der Waals surface area contributed by atoms with Crippen molar-refractivity contribution in [3.63, 3.8) is 0 Å². The second-order valence-corrected chi connectivity index (χ2v) is 6.76. The van der Waals surface area contributed by atoms with E-state index in [4.69, 9.17) is 11.6 Å². The molecule has 0 aliphatic carbocycles. The lowest BCUT2D eigenvalue weighted by Crippen LogP contribution is -2.05. The van der Waals surface area contributed by atoms with Crippen LogP contribution in [0.5, 0.6) is 0 Å². The van der Waals surface area contributed by atoms with E-state index in [0.717, 1.165) is 12.8 Å². The van der Waals surface area contributed by atoms with E-state index in [9.17, 15) is 0 Å². The second kappa shape index (κ2) is 10.3. The Kier molecular flexibility index (Phi) is 9.02. The molecule has 1 unspecified atom stereocenters. The second-order valence-electron chi connectivity index (χ2n) is 6.14. The molecule has 114 valence electrons. The van der Waals surface area contributed by atoms with Gasteiger partial charge in [-0.2, -0.15) is 0 Å². The van der Waals surface area contributed by atoms with Gasteiger partial charge >= 0.3 is 0 Å². The van der Waals surface area contributed by atoms with Crippen LogP contribution in [0.15, 0.2) is 18.2 Å². The number of hydrogen-bond donors (Lipinski definition) is 0. The number of alkyl halides is 1. The van der Waals surface area contributed by atoms with Gasteiger partial charge in [0.2, 0.25) is 0 Å². The maximum atomic E-state index is 6.50. The minimum Gasteiger partial charge on any atom is -0.123 e. The van der Waals surface area contributed by atoms with E-state index < -0.39 is 0 Å². The van der Waals surface area contributed by atoms with E-state index in [-0.39, 0.29) is 0 Å². The zero-order valence-electron chi connectivity index (χ0n) is 13.6. The van der Waals surface area contributed by atoms with Crippen molar-refractivity contribution >= 4 is 11.6 Å². The smallest absolute Gasteiger partial charge is 0.0376 e. The first-order chi connectivity index (χ1) is 9.63. The van der Waals surface area contributed by atoms with Gasteiger partial charge in [-0.05, 0) is 37.8 Å². The highest BCUT2D eigenvalue weighted by Gasteiger charge is 2.08. The monoisotopic (exact) mass is 294 g/mol. The third-order valence-corrected chi connectivity index (χ3v) is 4.44. The molecule has 1 aromatic carbocycles. The maximum Gasteiger partial charge on any atom is 0.0376 e. The summed E-state index contributed by atoms with van der Waals surface area (Å²) < 4.78 is 0. The molecule has 0 amide bonds. The molecule has 0 aliphatic heterocycles. The van der Waals surface area contributed by atoms with Crippen LogP contribution in [0.25, 0.3) is 0 Å². The van der Waals surface area contributed by atoms with E-state index in [0.29, 0.717) is 5.38 Å². The van der Waals surface area contributed by atoms with Crippen LogP contribution < -0.4 is 0 Å². The van der Waals surface area contributed by atoms with Crippen LogP contribution in [-0.2, 0) is 6.42 Å². The van der Waals surface area contributed by atoms with Gasteiger partial charge in [-0.25, -0.2) is 0 Å². The summed E-state index contributed by atoms with van der Waals surface area (Å²) in [6, 6.07) is 6.68. The fourth-order valence-corrected chi connectivity index (χ4v) is 3.00. The van der Waals surface area contributed by atoms with Crippen molar-refractivity contribution in [2.45, 2.75) is 83.9 Å². The minimum atomic E-state index is 0.297. The molecule has 1 heteroatoms. The van der Waals surface area contributed by atoms with Crippen LogP contribution >= 0.6 is 11.6 Å². The van der Waals surface area contributed by atoms with Crippen molar-refractivity contribution in [2.24, 2.45) is 0 Å². The Hall–Kier alpha value is -0.490. The molecule has 0 saturated heterocycles. The third-order valence-electron chi connectivity index (χ3n) is 4.07. The molecule has 0 radical (unpaired) electrons. The topological polar surface area (TPSA) is 0 Å². The van der Waals surface area contributed by atoms with Crippen molar-refractivity contribution in [3.05, 3.63) is 34.9 Å².